The molecule has 0 bridgehead atoms. The molecule has 5 N–H and O–H groups in total. The summed E-state index contributed by atoms with van der Waals surface area (Å²) in [6.45, 7) is -0.693. The molecule has 0 aliphatic rings. The van der Waals surface area contributed by atoms with E-state index >= 15 is 0 Å². The van der Waals surface area contributed by atoms with Gasteiger partial charge in [0.25, 0.3) is 0 Å². The number of halogens is 3. The van der Waals surface area contributed by atoms with Gasteiger partial charge >= 0.3 is 6.09 Å². The molecule has 2 atom stereocenters. The molecule has 0 unspecified atom stereocenters. The number of likely N-dealkylation sites (N-methyl/N-ethyl adjacent to an activating group) is 1. The Labute approximate surface area is 234 Å². The summed E-state index contributed by atoms with van der Waals surface area (Å²) in [6.07, 6.45) is 0.996. The van der Waals surface area contributed by atoms with E-state index in [0.29, 0.717) is 16.3 Å². The van der Waals surface area contributed by atoms with Crippen molar-refractivity contribution in [3.63, 3.8) is 0 Å². The Kier molecular flexibility index (Phi) is 11.1. The topological polar surface area (TPSA) is 147 Å². The highest BCUT2D eigenvalue weighted by molar-refractivity contribution is 6.31. The fraction of sp³-hybridized carbons (Fsp3) is 0.333. The number of nitrogens with one attached hydrogen (secondary N) is 2. The third kappa shape index (κ3) is 8.57. The summed E-state index contributed by atoms with van der Waals surface area (Å²) in [6, 6.07) is 8.24. The second-order valence-corrected chi connectivity index (χ2v) is 9.40. The second kappa shape index (κ2) is 14.5. The number of aliphatic hydroxyl groups is 1. The lowest BCUT2D eigenvalue weighted by Gasteiger charge is -2.28. The quantitative estimate of drug-likeness (QED) is 0.259. The van der Waals surface area contributed by atoms with Crippen LogP contribution in [0.1, 0.15) is 18.4 Å². The lowest BCUT2D eigenvalue weighted by atomic mass is 10.1. The third-order valence-electron chi connectivity index (χ3n) is 6.21. The molecule has 10 nitrogen and oxygen atoms in total. The van der Waals surface area contributed by atoms with Gasteiger partial charge in [-0.05, 0) is 54.1 Å². The molecule has 3 amide bonds. The van der Waals surface area contributed by atoms with Crippen LogP contribution in [0.2, 0.25) is 5.02 Å². The number of aliphatic hydroxyl groups excluding tert-OH is 1. The SMILES string of the molecule is CN(C(=O)CCc1cccc(F)c1Cl)[C@@H](CCNC(=O)[C@@H](N)CO)COC(=O)Nc1cc2cc(F)ccc2cn1. The van der Waals surface area contributed by atoms with Gasteiger partial charge < -0.3 is 25.8 Å². The number of benzene rings is 2. The molecule has 13 heteroatoms. The van der Waals surface area contributed by atoms with Crippen molar-refractivity contribution < 1.29 is 33.0 Å². The summed E-state index contributed by atoms with van der Waals surface area (Å²) in [7, 11) is 1.52. The Morgan fingerprint density at radius 3 is 2.70 bits per heavy atom. The molecule has 0 spiro atoms. The first-order valence-electron chi connectivity index (χ1n) is 12.4. The lowest BCUT2D eigenvalue weighted by molar-refractivity contribution is -0.132. The standard InChI is InChI=1S/C27H30ClF2N5O5/c1-35(24(37)8-6-16-3-2-4-21(30)25(16)28)20(9-10-32-26(38)22(31)14-36)15-40-27(39)34-23-12-18-11-19(29)7-5-17(18)13-33-23/h2-5,7,11-13,20,22,36H,6,8-10,14-15,31H2,1H3,(H,32,38)(H,33,34,39)/t20-,22-/m0/s1. The number of pyridine rings is 1. The number of rotatable bonds is 12. The highest BCUT2D eigenvalue weighted by Crippen LogP contribution is 2.22. The van der Waals surface area contributed by atoms with E-state index in [-0.39, 0.29) is 49.2 Å². The summed E-state index contributed by atoms with van der Waals surface area (Å²) in [5.74, 6) is -1.78. The zero-order chi connectivity index (χ0) is 29.2. The van der Waals surface area contributed by atoms with Crippen molar-refractivity contribution in [1.29, 1.82) is 0 Å². The fourth-order valence-electron chi connectivity index (χ4n) is 3.82. The van der Waals surface area contributed by atoms with E-state index in [1.54, 1.807) is 12.1 Å². The molecule has 0 saturated carbocycles. The molecule has 1 heterocycles. The van der Waals surface area contributed by atoms with E-state index in [1.165, 1.54) is 48.5 Å². The fourth-order valence-corrected chi connectivity index (χ4v) is 4.04. The van der Waals surface area contributed by atoms with E-state index in [4.69, 9.17) is 27.2 Å². The van der Waals surface area contributed by atoms with Crippen molar-refractivity contribution in [2.45, 2.75) is 31.3 Å². The molecular formula is C27H30ClF2N5O5. The number of aromatic nitrogens is 1. The molecule has 0 aliphatic heterocycles. The van der Waals surface area contributed by atoms with Crippen LogP contribution in [-0.4, -0.2) is 71.8 Å². The predicted octanol–water partition coefficient (Wildman–Crippen LogP) is 3.00. The number of ether oxygens (including phenoxy) is 1. The van der Waals surface area contributed by atoms with Gasteiger partial charge in [0.05, 0.1) is 17.7 Å². The highest BCUT2D eigenvalue weighted by Gasteiger charge is 2.23. The first-order valence-corrected chi connectivity index (χ1v) is 12.8. The smallest absolute Gasteiger partial charge is 0.412 e. The molecule has 3 aromatic rings. The highest BCUT2D eigenvalue weighted by atomic mass is 35.5. The number of carbonyl (C=O) groups is 3. The van der Waals surface area contributed by atoms with Gasteiger partial charge in [-0.3, -0.25) is 14.9 Å². The van der Waals surface area contributed by atoms with Crippen LogP contribution in [0.3, 0.4) is 0 Å². The number of nitrogens with zero attached hydrogens (tertiary/aromatic N) is 2. The number of carbonyl (C=O) groups excluding carboxylic acids is 3. The van der Waals surface area contributed by atoms with Gasteiger partial charge in [-0.1, -0.05) is 23.7 Å². The molecule has 0 fully saturated rings. The summed E-state index contributed by atoms with van der Waals surface area (Å²) in [5.41, 5.74) is 5.98. The minimum atomic E-state index is -1.10. The van der Waals surface area contributed by atoms with Crippen LogP contribution in [0.25, 0.3) is 10.8 Å². The summed E-state index contributed by atoms with van der Waals surface area (Å²) < 4.78 is 32.6. The van der Waals surface area contributed by atoms with E-state index in [1.807, 2.05) is 0 Å². The maximum Gasteiger partial charge on any atom is 0.412 e. The Morgan fingerprint density at radius 1 is 1.18 bits per heavy atom. The van der Waals surface area contributed by atoms with Crippen LogP contribution in [0.15, 0.2) is 48.7 Å². The minimum absolute atomic E-state index is 0.00167. The monoisotopic (exact) mass is 577 g/mol. The zero-order valence-corrected chi connectivity index (χ0v) is 22.5. The largest absolute Gasteiger partial charge is 0.447 e. The van der Waals surface area contributed by atoms with Crippen LogP contribution < -0.4 is 16.4 Å². The molecule has 0 saturated heterocycles. The molecular weight excluding hydrogens is 548 g/mol. The first-order chi connectivity index (χ1) is 19.1. The van der Waals surface area contributed by atoms with E-state index in [2.05, 4.69) is 15.6 Å². The average molecular weight is 578 g/mol. The van der Waals surface area contributed by atoms with Crippen LogP contribution >= 0.6 is 11.6 Å². The van der Waals surface area contributed by atoms with Crippen LogP contribution in [0, 0.1) is 11.6 Å². The molecule has 1 aromatic heterocycles. The lowest BCUT2D eigenvalue weighted by Crippen LogP contribution is -2.46. The Hall–Kier alpha value is -3.87. The van der Waals surface area contributed by atoms with Gasteiger partial charge in [-0.15, -0.1) is 0 Å². The van der Waals surface area contributed by atoms with Gasteiger partial charge in [0.2, 0.25) is 11.8 Å². The number of hydrogen-bond donors (Lipinski definition) is 4. The van der Waals surface area contributed by atoms with E-state index in [9.17, 15) is 23.2 Å². The van der Waals surface area contributed by atoms with Gasteiger partial charge in [0, 0.05) is 31.6 Å². The third-order valence-corrected chi connectivity index (χ3v) is 6.64. The molecule has 214 valence electrons. The zero-order valence-electron chi connectivity index (χ0n) is 21.7. The van der Waals surface area contributed by atoms with Crippen molar-refractivity contribution in [2.75, 3.05) is 32.1 Å². The molecule has 0 aliphatic carbocycles. The van der Waals surface area contributed by atoms with E-state index < -0.39 is 42.3 Å². The number of nitrogens with two attached hydrogens (primary N) is 1. The molecule has 0 radical (unpaired) electrons. The maximum atomic E-state index is 13.7. The normalized spacial score (nSPS) is 12.4. The summed E-state index contributed by atoms with van der Waals surface area (Å²) >= 11 is 5.99. The number of anilines is 1. The van der Waals surface area contributed by atoms with Crippen molar-refractivity contribution in [3.05, 3.63) is 70.9 Å². The van der Waals surface area contributed by atoms with E-state index in [0.717, 1.165) is 0 Å². The molecule has 3 rings (SSSR count). The summed E-state index contributed by atoms with van der Waals surface area (Å²) in [5, 5.41) is 15.2. The minimum Gasteiger partial charge on any atom is -0.447 e. The Balaban J connectivity index is 1.62. The van der Waals surface area contributed by atoms with Crippen molar-refractivity contribution >= 4 is 46.1 Å². The number of hydrogen-bond acceptors (Lipinski definition) is 7. The maximum absolute atomic E-state index is 13.7. The van der Waals surface area contributed by atoms with Gasteiger partial charge in [0.15, 0.2) is 0 Å². The average Bonchev–Trinajstić information content (AvgIpc) is 2.94. The molecule has 2 aromatic carbocycles. The Morgan fingerprint density at radius 2 is 1.95 bits per heavy atom. The number of aryl methyl sites for hydroxylation is 1. The van der Waals surface area contributed by atoms with Crippen molar-refractivity contribution in [3.8, 4) is 0 Å². The number of fused-ring (bicyclic) bond motifs is 1. The summed E-state index contributed by atoms with van der Waals surface area (Å²) in [4.78, 5) is 42.8. The van der Waals surface area contributed by atoms with Gasteiger partial charge in [0.1, 0.15) is 30.1 Å². The molecule has 40 heavy (non-hydrogen) atoms. The van der Waals surface area contributed by atoms with Crippen LogP contribution in [0.5, 0.6) is 0 Å². The van der Waals surface area contributed by atoms with Gasteiger partial charge in [-0.25, -0.2) is 18.6 Å². The second-order valence-electron chi connectivity index (χ2n) is 9.02. The van der Waals surface area contributed by atoms with Gasteiger partial charge in [-0.2, -0.15) is 0 Å². The van der Waals surface area contributed by atoms with Crippen molar-refractivity contribution in [2.24, 2.45) is 5.73 Å². The number of amides is 3. The Bertz CT molecular complexity index is 1360. The van der Waals surface area contributed by atoms with Crippen LogP contribution in [0.4, 0.5) is 19.4 Å². The van der Waals surface area contributed by atoms with Crippen LogP contribution in [-0.2, 0) is 20.7 Å². The first kappa shape index (κ1) is 30.7. The predicted molar refractivity (Wildman–Crippen MR) is 146 cm³/mol. The van der Waals surface area contributed by atoms with Crippen molar-refractivity contribution in [1.82, 2.24) is 15.2 Å².